The molecule has 0 saturated carbocycles. The maximum absolute atomic E-state index is 7.47. The van der Waals surface area contributed by atoms with E-state index < -0.39 is 0 Å². The Morgan fingerprint density at radius 2 is 2.50 bits per heavy atom. The Bertz CT molecular complexity index is 67.1. The van der Waals surface area contributed by atoms with Gasteiger partial charge in [-0.05, 0) is 17.0 Å². The summed E-state index contributed by atoms with van der Waals surface area (Å²) >= 11 is 0. The molecule has 0 aliphatic rings. The summed E-state index contributed by atoms with van der Waals surface area (Å²) < 4.78 is 7.65. The molecule has 48 valence electrons. The highest BCUT2D eigenvalue weighted by atomic mass is 31.1. The van der Waals surface area contributed by atoms with Crippen molar-refractivity contribution in [2.45, 2.75) is 6.92 Å². The molecular weight excluding hydrogens is 133 g/mol. The summed E-state index contributed by atoms with van der Waals surface area (Å²) in [5.41, 5.74) is 0. The van der Waals surface area contributed by atoms with Crippen molar-refractivity contribution in [2.24, 2.45) is 4.76 Å². The zero-order valence-electron chi connectivity index (χ0n) is 4.20. The molecule has 0 spiro atoms. The predicted octanol–water partition coefficient (Wildman–Crippen LogP) is 0.938. The molecule has 5 nitrogen and oxygen atoms in total. The van der Waals surface area contributed by atoms with Gasteiger partial charge < -0.3 is 0 Å². The minimum absolute atomic E-state index is 0.199. The molecule has 8 heavy (non-hydrogen) atoms. The third-order valence-corrected chi connectivity index (χ3v) is 0.790. The fourth-order valence-electron chi connectivity index (χ4n) is 0.105. The van der Waals surface area contributed by atoms with Crippen LogP contribution < -0.4 is 0 Å². The van der Waals surface area contributed by atoms with E-state index in [-0.39, 0.29) is 8.96 Å². The van der Waals surface area contributed by atoms with Gasteiger partial charge in [0, 0.05) is 6.21 Å². The Kier molecular flexibility index (Phi) is 6.89. The van der Waals surface area contributed by atoms with E-state index in [0.29, 0.717) is 0 Å². The topological polar surface area (TPSA) is 60.3 Å². The van der Waals surface area contributed by atoms with Gasteiger partial charge in [0.25, 0.3) is 0 Å². The summed E-state index contributed by atoms with van der Waals surface area (Å²) in [5, 5.41) is 14.2. The van der Waals surface area contributed by atoms with E-state index in [9.17, 15) is 0 Å². The van der Waals surface area contributed by atoms with Crippen molar-refractivity contribution in [3.8, 4) is 0 Å². The van der Waals surface area contributed by atoms with Gasteiger partial charge in [-0.2, -0.15) is 4.67 Å². The molecule has 0 fully saturated rings. The average molecular weight is 139 g/mol. The van der Waals surface area contributed by atoms with Crippen LogP contribution >= 0.6 is 8.96 Å². The van der Waals surface area contributed by atoms with Crippen molar-refractivity contribution in [3.63, 3.8) is 0 Å². The molecule has 0 aliphatic carbocycles. The first-order valence-corrected chi connectivity index (χ1v) is 2.63. The second-order valence-electron chi connectivity index (χ2n) is 0.704. The van der Waals surface area contributed by atoms with Crippen LogP contribution in [0.4, 0.5) is 0 Å². The predicted molar refractivity (Wildman–Crippen MR) is 28.4 cm³/mol. The fraction of sp³-hybridized carbons (Fsp3) is 0.500. The van der Waals surface area contributed by atoms with Crippen LogP contribution in [0.1, 0.15) is 6.92 Å². The number of hydrogen-bond acceptors (Lipinski definition) is 5. The van der Waals surface area contributed by atoms with Gasteiger partial charge in [-0.3, -0.25) is 0 Å². The molecule has 0 aromatic carbocycles. The molecule has 0 aromatic rings. The van der Waals surface area contributed by atoms with E-state index in [1.807, 2.05) is 0 Å². The lowest BCUT2D eigenvalue weighted by Crippen LogP contribution is -1.80. The van der Waals surface area contributed by atoms with Gasteiger partial charge in [0.1, 0.15) is 0 Å². The third kappa shape index (κ3) is 5.94. The van der Waals surface area contributed by atoms with Crippen molar-refractivity contribution in [1.82, 2.24) is 0 Å². The molecule has 1 N–H and O–H groups in total. The van der Waals surface area contributed by atoms with E-state index in [1.54, 1.807) is 13.1 Å². The highest BCUT2D eigenvalue weighted by molar-refractivity contribution is 7.30. The van der Waals surface area contributed by atoms with Crippen molar-refractivity contribution in [3.05, 3.63) is 0 Å². The van der Waals surface area contributed by atoms with Gasteiger partial charge in [0.05, 0.1) is 0 Å². The van der Waals surface area contributed by atoms with Gasteiger partial charge in [0.2, 0.25) is 0 Å². The number of nitrogens with zero attached hydrogens (tertiary/aromatic N) is 1. The molecule has 0 radical (unpaired) electrons. The Labute approximate surface area is 48.0 Å². The van der Waals surface area contributed by atoms with Crippen LogP contribution in [0.15, 0.2) is 4.76 Å². The van der Waals surface area contributed by atoms with E-state index >= 15 is 0 Å². The smallest absolute Gasteiger partial charge is 0.181 e. The van der Waals surface area contributed by atoms with Gasteiger partial charge in [-0.15, -0.1) is 0 Å². The van der Waals surface area contributed by atoms with Crippen molar-refractivity contribution in [2.75, 3.05) is 0 Å². The van der Waals surface area contributed by atoms with Crippen LogP contribution in [0, 0.1) is 0 Å². The van der Waals surface area contributed by atoms with Crippen molar-refractivity contribution >= 4 is 15.2 Å². The van der Waals surface area contributed by atoms with E-state index in [4.69, 9.17) is 5.26 Å². The quantitative estimate of drug-likeness (QED) is 0.207. The van der Waals surface area contributed by atoms with Crippen LogP contribution in [0.2, 0.25) is 0 Å². The summed E-state index contributed by atoms with van der Waals surface area (Å²) in [6.45, 7) is 1.73. The van der Waals surface area contributed by atoms with Crippen LogP contribution in [-0.4, -0.2) is 11.5 Å². The largest absolute Gasteiger partial charge is 0.245 e. The first-order chi connectivity index (χ1) is 3.91. The Morgan fingerprint density at radius 1 is 1.75 bits per heavy atom. The summed E-state index contributed by atoms with van der Waals surface area (Å²) in [6.07, 6.45) is 1.54. The van der Waals surface area contributed by atoms with Crippen molar-refractivity contribution in [1.29, 1.82) is 0 Å². The lowest BCUT2D eigenvalue weighted by Gasteiger charge is -1.89. The number of hydrogen-bond donors (Lipinski definition) is 1. The molecule has 0 aliphatic heterocycles. The highest BCUT2D eigenvalue weighted by Gasteiger charge is 1.79. The minimum Gasteiger partial charge on any atom is -0.245 e. The normalized spacial score (nSPS) is 12.2. The molecule has 0 heterocycles. The van der Waals surface area contributed by atoms with Crippen LogP contribution in [0.3, 0.4) is 0 Å². The molecule has 0 saturated heterocycles. The summed E-state index contributed by atoms with van der Waals surface area (Å²) in [7, 11) is -0.199. The van der Waals surface area contributed by atoms with Crippen LogP contribution in [0.5, 0.6) is 0 Å². The first-order valence-electron chi connectivity index (χ1n) is 1.78. The summed E-state index contributed by atoms with van der Waals surface area (Å²) in [4.78, 5) is 0. The van der Waals surface area contributed by atoms with Crippen LogP contribution in [0.25, 0.3) is 0 Å². The lowest BCUT2D eigenvalue weighted by atomic mass is 10.9. The Balaban J connectivity index is 2.72. The standard InChI is InChI=1S/C2H6NO4P/c1-2-3-8-7-6-5-4/h2,4,8H,1H3. The van der Waals surface area contributed by atoms with Gasteiger partial charge in [-0.25, -0.2) is 10.0 Å². The zero-order valence-corrected chi connectivity index (χ0v) is 5.20. The maximum Gasteiger partial charge on any atom is 0.181 e. The Morgan fingerprint density at radius 3 is 3.00 bits per heavy atom. The third-order valence-electron chi connectivity index (χ3n) is 0.284. The molecule has 6 heteroatoms. The fourth-order valence-corrected chi connectivity index (χ4v) is 0.314. The van der Waals surface area contributed by atoms with E-state index in [2.05, 4.69) is 19.5 Å². The molecular formula is C2H6NO4P. The average Bonchev–Trinajstić information content (AvgIpc) is 1.81. The first kappa shape index (κ1) is 7.94. The van der Waals surface area contributed by atoms with Gasteiger partial charge >= 0.3 is 0 Å². The van der Waals surface area contributed by atoms with Crippen molar-refractivity contribution < 1.29 is 20.0 Å². The highest BCUT2D eigenvalue weighted by Crippen LogP contribution is 2.11. The Hall–Kier alpha value is -0.0600. The summed E-state index contributed by atoms with van der Waals surface area (Å²) in [6, 6.07) is 0. The van der Waals surface area contributed by atoms with E-state index in [0.717, 1.165) is 0 Å². The van der Waals surface area contributed by atoms with E-state index in [1.165, 1.54) is 0 Å². The summed E-state index contributed by atoms with van der Waals surface area (Å²) in [5.74, 6) is 0. The van der Waals surface area contributed by atoms with Gasteiger partial charge in [0.15, 0.2) is 8.96 Å². The molecule has 0 bridgehead atoms. The maximum atomic E-state index is 7.47. The molecule has 0 aromatic heterocycles. The molecule has 0 rings (SSSR count). The lowest BCUT2D eigenvalue weighted by molar-refractivity contribution is -0.593. The second kappa shape index (κ2) is 6.94. The molecule has 1 atom stereocenters. The second-order valence-corrected chi connectivity index (χ2v) is 1.31. The van der Waals surface area contributed by atoms with Crippen LogP contribution in [-0.2, 0) is 14.8 Å². The molecule has 0 amide bonds. The SMILES string of the molecule is CC=NPOOOO. The minimum atomic E-state index is -0.199. The monoisotopic (exact) mass is 139 g/mol. The molecule has 1 unspecified atom stereocenters. The van der Waals surface area contributed by atoms with Gasteiger partial charge in [-0.1, -0.05) is 0 Å². The number of rotatable bonds is 4. The zero-order chi connectivity index (χ0) is 6.24.